The third-order valence-electron chi connectivity index (χ3n) is 5.47. The van der Waals surface area contributed by atoms with Crippen molar-refractivity contribution in [1.29, 1.82) is 0 Å². The lowest BCUT2D eigenvalue weighted by Crippen LogP contribution is -2.15. The number of carboxylic acids is 1. The Morgan fingerprint density at radius 3 is 2.25 bits per heavy atom. The summed E-state index contributed by atoms with van der Waals surface area (Å²) in [5, 5.41) is 10.0. The Morgan fingerprint density at radius 2 is 1.69 bits per heavy atom. The fourth-order valence-corrected chi connectivity index (χ4v) is 4.03. The molecule has 0 aliphatic carbocycles. The summed E-state index contributed by atoms with van der Waals surface area (Å²) < 4.78 is 7.20. The van der Waals surface area contributed by atoms with Gasteiger partial charge in [0.15, 0.2) is 0 Å². The molecule has 166 valence electrons. The van der Waals surface area contributed by atoms with Crippen molar-refractivity contribution in [2.24, 2.45) is 5.92 Å². The molecule has 1 atom stereocenters. The zero-order valence-corrected chi connectivity index (χ0v) is 21.1. The van der Waals surface area contributed by atoms with Crippen LogP contribution in [-0.2, 0) is 11.2 Å². The van der Waals surface area contributed by atoms with Crippen LogP contribution in [0.2, 0.25) is 5.02 Å². The first-order chi connectivity index (χ1) is 15.4. The Hall–Kier alpha value is -2.31. The van der Waals surface area contributed by atoms with E-state index in [2.05, 4.69) is 52.9 Å². The van der Waals surface area contributed by atoms with Crippen LogP contribution in [0.1, 0.15) is 35.6 Å². The van der Waals surface area contributed by atoms with Crippen molar-refractivity contribution in [1.82, 2.24) is 0 Å². The van der Waals surface area contributed by atoms with Crippen LogP contribution in [0.3, 0.4) is 0 Å². The molecule has 0 radical (unpaired) electrons. The van der Waals surface area contributed by atoms with Gasteiger partial charge in [0.05, 0.1) is 5.92 Å². The monoisotopic (exact) mass is 560 g/mol. The van der Waals surface area contributed by atoms with Crippen LogP contribution >= 0.6 is 34.2 Å². The van der Waals surface area contributed by atoms with E-state index in [0.29, 0.717) is 24.5 Å². The molecule has 0 bridgehead atoms. The lowest BCUT2D eigenvalue weighted by atomic mass is 9.94. The second-order valence-corrected chi connectivity index (χ2v) is 9.36. The second kappa shape index (κ2) is 11.5. The van der Waals surface area contributed by atoms with Gasteiger partial charge in [-0.1, -0.05) is 48.9 Å². The van der Waals surface area contributed by atoms with Crippen molar-refractivity contribution < 1.29 is 14.6 Å². The van der Waals surface area contributed by atoms with Gasteiger partial charge < -0.3 is 9.84 Å². The number of carbonyl (C=O) groups is 1. The number of aryl methyl sites for hydroxylation is 1. The number of ether oxygens (including phenoxy) is 1. The minimum Gasteiger partial charge on any atom is -0.490 e. The van der Waals surface area contributed by atoms with E-state index in [1.54, 1.807) is 0 Å². The van der Waals surface area contributed by atoms with Crippen molar-refractivity contribution in [3.63, 3.8) is 0 Å². The topological polar surface area (TPSA) is 46.5 Å². The van der Waals surface area contributed by atoms with Gasteiger partial charge in [-0.05, 0) is 113 Å². The van der Waals surface area contributed by atoms with Crippen LogP contribution < -0.4 is 4.74 Å². The molecule has 0 aliphatic rings. The quantitative estimate of drug-likeness (QED) is 0.277. The molecule has 3 rings (SSSR count). The largest absolute Gasteiger partial charge is 0.490 e. The molecule has 0 heterocycles. The van der Waals surface area contributed by atoms with Crippen LogP contribution in [0.4, 0.5) is 0 Å². The molecule has 0 aromatic heterocycles. The molecule has 5 heteroatoms. The van der Waals surface area contributed by atoms with E-state index in [1.165, 1.54) is 3.57 Å². The molecule has 32 heavy (non-hydrogen) atoms. The van der Waals surface area contributed by atoms with Crippen molar-refractivity contribution in [3.8, 4) is 5.75 Å². The van der Waals surface area contributed by atoms with Gasteiger partial charge in [-0.25, -0.2) is 0 Å². The highest BCUT2D eigenvalue weighted by molar-refractivity contribution is 14.1. The van der Waals surface area contributed by atoms with E-state index in [1.807, 2.05) is 56.3 Å². The lowest BCUT2D eigenvalue weighted by Gasteiger charge is -2.14. The maximum Gasteiger partial charge on any atom is 0.306 e. The van der Waals surface area contributed by atoms with E-state index in [0.717, 1.165) is 33.6 Å². The Bertz CT molecular complexity index is 1040. The second-order valence-electron chi connectivity index (χ2n) is 7.68. The highest BCUT2D eigenvalue weighted by Crippen LogP contribution is 2.26. The predicted octanol–water partition coefficient (Wildman–Crippen LogP) is 7.42. The third kappa shape index (κ3) is 6.59. The standard InChI is InChI=1S/C27H26ClIO3/c1-3-19(27(30)31)17-22-8-13-25(16-18(22)2)32-15-14-26(20-4-9-23(28)10-5-20)21-6-11-24(29)12-7-21/h4-14,16,19H,3,15,17H2,1-2H3,(H,30,31)/b26-14-. The SMILES string of the molecule is CCC(Cc1ccc(OC/C=C(/c2ccc(Cl)cc2)c2ccc(I)cc2)cc1C)C(=O)O. The third-order valence-corrected chi connectivity index (χ3v) is 6.44. The molecule has 0 spiro atoms. The summed E-state index contributed by atoms with van der Waals surface area (Å²) in [5.41, 5.74) is 5.36. The average molecular weight is 561 g/mol. The van der Waals surface area contributed by atoms with E-state index in [4.69, 9.17) is 16.3 Å². The average Bonchev–Trinajstić information content (AvgIpc) is 2.77. The Labute approximate surface area is 208 Å². The minimum atomic E-state index is -0.748. The van der Waals surface area contributed by atoms with Gasteiger partial charge >= 0.3 is 5.97 Å². The first-order valence-electron chi connectivity index (χ1n) is 10.5. The highest BCUT2D eigenvalue weighted by Gasteiger charge is 2.16. The van der Waals surface area contributed by atoms with Gasteiger partial charge in [-0.15, -0.1) is 0 Å². The zero-order chi connectivity index (χ0) is 23.1. The summed E-state index contributed by atoms with van der Waals surface area (Å²) >= 11 is 8.38. The van der Waals surface area contributed by atoms with E-state index in [9.17, 15) is 9.90 Å². The number of carboxylic acid groups (broad SMARTS) is 1. The van der Waals surface area contributed by atoms with Gasteiger partial charge in [0.25, 0.3) is 0 Å². The molecule has 1 N–H and O–H groups in total. The molecule has 1 unspecified atom stereocenters. The lowest BCUT2D eigenvalue weighted by molar-refractivity contribution is -0.141. The molecule has 0 aliphatic heterocycles. The maximum absolute atomic E-state index is 11.4. The molecule has 3 aromatic rings. The molecule has 3 aromatic carbocycles. The van der Waals surface area contributed by atoms with E-state index >= 15 is 0 Å². The molecule has 0 saturated heterocycles. The summed E-state index contributed by atoms with van der Waals surface area (Å²) in [5.74, 6) is -0.342. The summed E-state index contributed by atoms with van der Waals surface area (Å²) in [7, 11) is 0. The van der Waals surface area contributed by atoms with Crippen LogP contribution in [0.5, 0.6) is 5.75 Å². The van der Waals surface area contributed by atoms with Crippen molar-refractivity contribution in [3.05, 3.63) is 104 Å². The van der Waals surface area contributed by atoms with Crippen LogP contribution in [0.15, 0.2) is 72.8 Å². The Balaban J connectivity index is 1.77. The van der Waals surface area contributed by atoms with Crippen LogP contribution in [-0.4, -0.2) is 17.7 Å². The van der Waals surface area contributed by atoms with Gasteiger partial charge in [0, 0.05) is 8.59 Å². The number of aliphatic carboxylic acids is 1. The minimum absolute atomic E-state index is 0.362. The molecule has 0 saturated carbocycles. The number of rotatable bonds is 9. The molecule has 0 amide bonds. The first-order valence-corrected chi connectivity index (χ1v) is 12.0. The Morgan fingerprint density at radius 1 is 1.06 bits per heavy atom. The van der Waals surface area contributed by atoms with Gasteiger partial charge in [0.1, 0.15) is 12.4 Å². The molecular formula is C27H26ClIO3. The smallest absolute Gasteiger partial charge is 0.306 e. The molecule has 0 fully saturated rings. The number of hydrogen-bond acceptors (Lipinski definition) is 2. The van der Waals surface area contributed by atoms with Crippen molar-refractivity contribution >= 4 is 45.7 Å². The first kappa shape index (κ1) is 24.3. The van der Waals surface area contributed by atoms with Gasteiger partial charge in [-0.2, -0.15) is 0 Å². The highest BCUT2D eigenvalue weighted by atomic mass is 127. The normalized spacial score (nSPS) is 12.4. The maximum atomic E-state index is 11.4. The zero-order valence-electron chi connectivity index (χ0n) is 18.1. The fraction of sp³-hybridized carbons (Fsp3) is 0.222. The predicted molar refractivity (Wildman–Crippen MR) is 139 cm³/mol. The summed E-state index contributed by atoms with van der Waals surface area (Å²) in [6.07, 6.45) is 3.22. The van der Waals surface area contributed by atoms with E-state index in [-0.39, 0.29) is 5.92 Å². The molecule has 3 nitrogen and oxygen atoms in total. The Kier molecular flexibility index (Phi) is 8.76. The summed E-state index contributed by atoms with van der Waals surface area (Å²) in [4.78, 5) is 11.4. The van der Waals surface area contributed by atoms with Crippen LogP contribution in [0, 0.1) is 16.4 Å². The van der Waals surface area contributed by atoms with Crippen molar-refractivity contribution in [2.75, 3.05) is 6.61 Å². The van der Waals surface area contributed by atoms with E-state index < -0.39 is 5.97 Å². The van der Waals surface area contributed by atoms with Gasteiger partial charge in [0.2, 0.25) is 0 Å². The number of halogens is 2. The number of benzene rings is 3. The molecular weight excluding hydrogens is 535 g/mol. The van der Waals surface area contributed by atoms with Crippen LogP contribution in [0.25, 0.3) is 5.57 Å². The fourth-order valence-electron chi connectivity index (χ4n) is 3.54. The van der Waals surface area contributed by atoms with Crippen molar-refractivity contribution in [2.45, 2.75) is 26.7 Å². The summed E-state index contributed by atoms with van der Waals surface area (Å²) in [6.45, 7) is 4.32. The number of hydrogen-bond donors (Lipinski definition) is 1. The summed E-state index contributed by atoms with van der Waals surface area (Å²) in [6, 6.07) is 22.0. The van der Waals surface area contributed by atoms with Gasteiger partial charge in [-0.3, -0.25) is 4.79 Å².